The van der Waals surface area contributed by atoms with Gasteiger partial charge in [-0.25, -0.2) is 0 Å². The van der Waals surface area contributed by atoms with Crippen LogP contribution in [0.2, 0.25) is 0 Å². The van der Waals surface area contributed by atoms with E-state index in [2.05, 4.69) is 5.10 Å². The molecule has 0 bridgehead atoms. The van der Waals surface area contributed by atoms with E-state index in [1.165, 1.54) is 0 Å². The zero-order valence-corrected chi connectivity index (χ0v) is 8.47. The highest BCUT2D eigenvalue weighted by Crippen LogP contribution is 2.04. The standard InChI is InChI=1S/C8H12N2O2.ClH/c1-3-6-4-7(5-8(11)12)10(2)9-6;/h4H,3,5H2,1-2H3,(H,11,12);1H. The minimum absolute atomic E-state index is 0. The highest BCUT2D eigenvalue weighted by Gasteiger charge is 2.06. The fourth-order valence-corrected chi connectivity index (χ4v) is 1.06. The summed E-state index contributed by atoms with van der Waals surface area (Å²) in [7, 11) is 1.76. The Kier molecular flexibility index (Phi) is 4.48. The van der Waals surface area contributed by atoms with Gasteiger partial charge < -0.3 is 5.11 Å². The molecule has 0 unspecified atom stereocenters. The van der Waals surface area contributed by atoms with E-state index in [1.54, 1.807) is 11.7 Å². The normalized spacial score (nSPS) is 9.38. The summed E-state index contributed by atoms with van der Waals surface area (Å²) in [5.41, 5.74) is 1.69. The maximum Gasteiger partial charge on any atom is 0.309 e. The van der Waals surface area contributed by atoms with Crippen molar-refractivity contribution in [2.75, 3.05) is 0 Å². The number of aryl methyl sites for hydroxylation is 2. The summed E-state index contributed by atoms with van der Waals surface area (Å²) >= 11 is 0. The molecular formula is C8H13ClN2O2. The molecule has 13 heavy (non-hydrogen) atoms. The van der Waals surface area contributed by atoms with Gasteiger partial charge in [-0.1, -0.05) is 6.92 Å². The summed E-state index contributed by atoms with van der Waals surface area (Å²) in [6.07, 6.45) is 0.886. The molecule has 0 amide bonds. The van der Waals surface area contributed by atoms with Crippen molar-refractivity contribution in [2.45, 2.75) is 19.8 Å². The first-order valence-corrected chi connectivity index (χ1v) is 3.87. The highest BCUT2D eigenvalue weighted by molar-refractivity contribution is 5.85. The van der Waals surface area contributed by atoms with Gasteiger partial charge in [-0.2, -0.15) is 5.10 Å². The lowest BCUT2D eigenvalue weighted by Gasteiger charge is -1.94. The van der Waals surface area contributed by atoms with Crippen molar-refractivity contribution < 1.29 is 9.90 Å². The van der Waals surface area contributed by atoms with Crippen LogP contribution in [0, 0.1) is 0 Å². The van der Waals surface area contributed by atoms with Crippen LogP contribution in [0.5, 0.6) is 0 Å². The van der Waals surface area contributed by atoms with Crippen LogP contribution in [0.25, 0.3) is 0 Å². The lowest BCUT2D eigenvalue weighted by molar-refractivity contribution is -0.136. The van der Waals surface area contributed by atoms with Crippen molar-refractivity contribution in [2.24, 2.45) is 7.05 Å². The van der Waals surface area contributed by atoms with Crippen LogP contribution >= 0.6 is 12.4 Å². The van der Waals surface area contributed by atoms with Gasteiger partial charge in [-0.05, 0) is 12.5 Å². The first kappa shape index (κ1) is 12.0. The molecule has 5 heteroatoms. The molecular weight excluding hydrogens is 192 g/mol. The minimum atomic E-state index is -0.819. The summed E-state index contributed by atoms with van der Waals surface area (Å²) in [5.74, 6) is -0.819. The number of hydrogen-bond donors (Lipinski definition) is 1. The zero-order valence-electron chi connectivity index (χ0n) is 7.65. The molecule has 0 fully saturated rings. The van der Waals surface area contributed by atoms with Crippen LogP contribution in [-0.4, -0.2) is 20.9 Å². The molecule has 0 aliphatic heterocycles. The van der Waals surface area contributed by atoms with Crippen LogP contribution in [0.4, 0.5) is 0 Å². The first-order chi connectivity index (χ1) is 5.63. The lowest BCUT2D eigenvalue weighted by Crippen LogP contribution is -2.05. The SMILES string of the molecule is CCc1cc(CC(=O)O)n(C)n1.Cl. The minimum Gasteiger partial charge on any atom is -0.481 e. The zero-order chi connectivity index (χ0) is 9.14. The van der Waals surface area contributed by atoms with Crippen LogP contribution < -0.4 is 0 Å². The molecule has 1 aromatic heterocycles. The third-order valence-electron chi connectivity index (χ3n) is 1.72. The molecule has 0 radical (unpaired) electrons. The van der Waals surface area contributed by atoms with E-state index in [-0.39, 0.29) is 18.8 Å². The van der Waals surface area contributed by atoms with Gasteiger partial charge in [-0.15, -0.1) is 12.4 Å². The van der Waals surface area contributed by atoms with Gasteiger partial charge in [0.15, 0.2) is 0 Å². The van der Waals surface area contributed by atoms with E-state index >= 15 is 0 Å². The summed E-state index contributed by atoms with van der Waals surface area (Å²) in [6.45, 7) is 1.99. The second-order valence-electron chi connectivity index (χ2n) is 2.67. The average molecular weight is 205 g/mol. The number of nitrogens with zero attached hydrogens (tertiary/aromatic N) is 2. The molecule has 0 aromatic carbocycles. The Balaban J connectivity index is 0.00000144. The Morgan fingerprint density at radius 2 is 2.31 bits per heavy atom. The smallest absolute Gasteiger partial charge is 0.309 e. The number of halogens is 1. The molecule has 1 aromatic rings. The third kappa shape index (κ3) is 3.06. The van der Waals surface area contributed by atoms with E-state index in [9.17, 15) is 4.79 Å². The van der Waals surface area contributed by atoms with Crippen LogP contribution in [0.15, 0.2) is 6.07 Å². The Morgan fingerprint density at radius 3 is 2.69 bits per heavy atom. The molecule has 0 saturated carbocycles. The number of aliphatic carboxylic acids is 1. The van der Waals surface area contributed by atoms with Crippen LogP contribution in [0.3, 0.4) is 0 Å². The predicted octanol–water partition coefficient (Wildman–Crippen LogP) is 1.03. The summed E-state index contributed by atoms with van der Waals surface area (Å²) in [4.78, 5) is 10.4. The number of rotatable bonds is 3. The average Bonchev–Trinajstić information content (AvgIpc) is 2.31. The molecule has 1 rings (SSSR count). The molecule has 1 N–H and O–H groups in total. The number of hydrogen-bond acceptors (Lipinski definition) is 2. The molecule has 0 aliphatic rings. The fourth-order valence-electron chi connectivity index (χ4n) is 1.06. The second kappa shape index (κ2) is 4.87. The molecule has 74 valence electrons. The molecule has 0 saturated heterocycles. The Morgan fingerprint density at radius 1 is 1.69 bits per heavy atom. The molecule has 1 heterocycles. The number of carboxylic acids is 1. The van der Waals surface area contributed by atoms with Gasteiger partial charge in [0.2, 0.25) is 0 Å². The highest BCUT2D eigenvalue weighted by atomic mass is 35.5. The largest absolute Gasteiger partial charge is 0.481 e. The van der Waals surface area contributed by atoms with Gasteiger partial charge >= 0.3 is 5.97 Å². The summed E-state index contributed by atoms with van der Waals surface area (Å²) in [5, 5.41) is 12.7. The fraction of sp³-hybridized carbons (Fsp3) is 0.500. The maximum absolute atomic E-state index is 10.4. The summed E-state index contributed by atoms with van der Waals surface area (Å²) in [6, 6.07) is 1.83. The third-order valence-corrected chi connectivity index (χ3v) is 1.72. The van der Waals surface area contributed by atoms with Gasteiger partial charge in [-0.3, -0.25) is 9.48 Å². The first-order valence-electron chi connectivity index (χ1n) is 3.87. The van der Waals surface area contributed by atoms with Crippen molar-refractivity contribution >= 4 is 18.4 Å². The Labute approximate surface area is 83.0 Å². The van der Waals surface area contributed by atoms with E-state index < -0.39 is 5.97 Å². The van der Waals surface area contributed by atoms with Crippen molar-refractivity contribution in [3.63, 3.8) is 0 Å². The topological polar surface area (TPSA) is 55.1 Å². The van der Waals surface area contributed by atoms with Gasteiger partial charge in [0.25, 0.3) is 0 Å². The molecule has 0 atom stereocenters. The van der Waals surface area contributed by atoms with Crippen LogP contribution in [-0.2, 0) is 24.7 Å². The second-order valence-corrected chi connectivity index (χ2v) is 2.67. The van der Waals surface area contributed by atoms with Crippen LogP contribution in [0.1, 0.15) is 18.3 Å². The van der Waals surface area contributed by atoms with E-state index in [0.29, 0.717) is 0 Å². The molecule has 4 nitrogen and oxygen atoms in total. The van der Waals surface area contributed by atoms with Gasteiger partial charge in [0, 0.05) is 12.7 Å². The van der Waals surface area contributed by atoms with E-state index in [4.69, 9.17) is 5.11 Å². The predicted molar refractivity (Wildman–Crippen MR) is 51.2 cm³/mol. The number of carboxylic acid groups (broad SMARTS) is 1. The van der Waals surface area contributed by atoms with Gasteiger partial charge in [0.05, 0.1) is 12.1 Å². The monoisotopic (exact) mass is 204 g/mol. The van der Waals surface area contributed by atoms with Crippen molar-refractivity contribution in [3.8, 4) is 0 Å². The van der Waals surface area contributed by atoms with Crippen molar-refractivity contribution in [1.82, 2.24) is 9.78 Å². The maximum atomic E-state index is 10.4. The summed E-state index contributed by atoms with van der Waals surface area (Å²) < 4.78 is 1.62. The van der Waals surface area contributed by atoms with E-state index in [1.807, 2.05) is 13.0 Å². The Bertz CT molecular complexity index is 296. The molecule has 0 spiro atoms. The Hall–Kier alpha value is -1.03. The van der Waals surface area contributed by atoms with E-state index in [0.717, 1.165) is 17.8 Å². The number of carbonyl (C=O) groups is 1. The lowest BCUT2D eigenvalue weighted by atomic mass is 10.2. The van der Waals surface area contributed by atoms with Crippen molar-refractivity contribution in [1.29, 1.82) is 0 Å². The number of aromatic nitrogens is 2. The van der Waals surface area contributed by atoms with Gasteiger partial charge in [0.1, 0.15) is 0 Å². The molecule has 0 aliphatic carbocycles. The quantitative estimate of drug-likeness (QED) is 0.800. The van der Waals surface area contributed by atoms with Crippen molar-refractivity contribution in [3.05, 3.63) is 17.5 Å².